The Bertz CT molecular complexity index is 2400. The zero-order valence-corrected chi connectivity index (χ0v) is 55.6. The summed E-state index contributed by atoms with van der Waals surface area (Å²) >= 11 is 0. The van der Waals surface area contributed by atoms with Crippen molar-refractivity contribution in [1.82, 2.24) is 42.5 Å². The predicted molar refractivity (Wildman–Crippen MR) is 340 cm³/mol. The molecular weight excluding hydrogens is 1290 g/mol. The molecule has 35 heteroatoms. The molecule has 0 heterocycles. The largest absolute Gasteiger partial charge is 0.481 e. The number of carboxylic acid groups (broad SMARTS) is 6. The molecule has 97 heavy (non-hydrogen) atoms. The molecule has 0 fully saturated rings. The highest BCUT2D eigenvalue weighted by molar-refractivity contribution is 5.88. The van der Waals surface area contributed by atoms with E-state index in [0.717, 1.165) is 70.6 Å². The molecule has 0 unspecified atom stereocenters. The van der Waals surface area contributed by atoms with Gasteiger partial charge in [-0.3, -0.25) is 43.2 Å². The number of carboxylic acids is 6. The number of carbonyl (C=O) groups is 15. The van der Waals surface area contributed by atoms with Gasteiger partial charge in [0.1, 0.15) is 55.8 Å². The highest BCUT2D eigenvalue weighted by Crippen LogP contribution is 2.15. The Morgan fingerprint density at radius 2 is 0.485 bits per heavy atom. The van der Waals surface area contributed by atoms with E-state index in [0.29, 0.717) is 6.42 Å². The number of ether oxygens (including phenoxy) is 6. The Hall–Kier alpha value is -7.99. The molecule has 0 aromatic heterocycles. The monoisotopic (exact) mass is 1390 g/mol. The lowest BCUT2D eigenvalue weighted by Crippen LogP contribution is -2.44. The zero-order chi connectivity index (χ0) is 72.4. The number of unbranched alkanes of at least 4 members (excludes halogenated alkanes) is 13. The van der Waals surface area contributed by atoms with Crippen LogP contribution in [0.2, 0.25) is 0 Å². The SMILES string of the molecule is CC(=O)CC[C@H](NC(=O)COCCOCCNC(=O)CC[C@H](NC(=O)COCCOCCNC(=O)CC[C@H](NC(=O)COCCOCCNC(=O)CC[C@H](NC(=O)CC[C@H](NC(=O)CCCCCCCCCCCCCCCCC(=O)O)C(=O)O)C(=O)O)C(=O)O)C(=O)O)C(=O)O. The fourth-order valence-electron chi connectivity index (χ4n) is 8.87. The number of Topliss-reactive ketones (excluding diaryl/α,β-unsaturated/α-hetero) is 1. The molecule has 0 radical (unpaired) electrons. The maximum Gasteiger partial charge on any atom is 0.326 e. The topological polar surface area (TPSA) is 529 Å². The average Bonchev–Trinajstić information content (AvgIpc) is 2.23. The van der Waals surface area contributed by atoms with E-state index in [9.17, 15) is 92.3 Å². The molecule has 35 nitrogen and oxygen atoms in total. The van der Waals surface area contributed by atoms with E-state index < -0.39 is 140 Å². The van der Waals surface area contributed by atoms with Gasteiger partial charge in [0.2, 0.25) is 47.3 Å². The Balaban J connectivity index is 4.16. The van der Waals surface area contributed by atoms with Gasteiger partial charge in [-0.1, -0.05) is 77.0 Å². The van der Waals surface area contributed by atoms with Crippen molar-refractivity contribution < 1.29 is 131 Å². The number of hydrogen-bond donors (Lipinski definition) is 14. The van der Waals surface area contributed by atoms with Crippen molar-refractivity contribution in [2.75, 3.05) is 98.9 Å². The van der Waals surface area contributed by atoms with Crippen molar-refractivity contribution >= 4 is 88.9 Å². The van der Waals surface area contributed by atoms with Gasteiger partial charge < -0.3 is 106 Å². The number of aliphatic carboxylic acids is 6. The minimum atomic E-state index is -1.46. The summed E-state index contributed by atoms with van der Waals surface area (Å²) in [5.74, 6) is -12.9. The van der Waals surface area contributed by atoms with Gasteiger partial charge in [0.15, 0.2) is 0 Å². The first kappa shape index (κ1) is 89.0. The van der Waals surface area contributed by atoms with Crippen LogP contribution in [0.5, 0.6) is 0 Å². The summed E-state index contributed by atoms with van der Waals surface area (Å²) in [6.07, 6.45) is 12.1. The molecule has 0 aliphatic heterocycles. The summed E-state index contributed by atoms with van der Waals surface area (Å²) in [5, 5.41) is 75.2. The number of ketones is 1. The average molecular weight is 1390 g/mol. The van der Waals surface area contributed by atoms with Crippen LogP contribution in [0.4, 0.5) is 0 Å². The third kappa shape index (κ3) is 54.8. The smallest absolute Gasteiger partial charge is 0.326 e. The molecule has 0 aromatic carbocycles. The summed E-state index contributed by atoms with van der Waals surface area (Å²) in [7, 11) is 0. The third-order valence-corrected chi connectivity index (χ3v) is 14.2. The minimum absolute atomic E-state index is 0.00227. The van der Waals surface area contributed by atoms with Gasteiger partial charge in [-0.25, -0.2) is 24.0 Å². The second-order valence-electron chi connectivity index (χ2n) is 22.6. The summed E-state index contributed by atoms with van der Waals surface area (Å²) in [4.78, 5) is 179. The Morgan fingerprint density at radius 3 is 0.753 bits per heavy atom. The van der Waals surface area contributed by atoms with E-state index in [1.807, 2.05) is 0 Å². The first-order valence-corrected chi connectivity index (χ1v) is 32.9. The van der Waals surface area contributed by atoms with Crippen LogP contribution in [0.15, 0.2) is 0 Å². The Kier molecular flexibility index (Phi) is 53.4. The highest BCUT2D eigenvalue weighted by atomic mass is 16.5. The number of carbonyl (C=O) groups excluding carboxylic acids is 9. The number of hydrogen-bond acceptors (Lipinski definition) is 21. The maximum atomic E-state index is 12.6. The van der Waals surface area contributed by atoms with Gasteiger partial charge in [0, 0.05) is 64.6 Å². The van der Waals surface area contributed by atoms with Crippen molar-refractivity contribution in [3.63, 3.8) is 0 Å². The summed E-state index contributed by atoms with van der Waals surface area (Å²) in [5.41, 5.74) is 0. The molecule has 554 valence electrons. The molecule has 5 atom stereocenters. The van der Waals surface area contributed by atoms with Gasteiger partial charge in [0.25, 0.3) is 0 Å². The third-order valence-electron chi connectivity index (χ3n) is 14.2. The van der Waals surface area contributed by atoms with Crippen LogP contribution >= 0.6 is 0 Å². The molecule has 0 spiro atoms. The molecule has 0 bridgehead atoms. The fraction of sp³-hybridized carbons (Fsp3) is 0.758. The lowest BCUT2D eigenvalue weighted by Gasteiger charge is -2.17. The van der Waals surface area contributed by atoms with Crippen molar-refractivity contribution in [1.29, 1.82) is 0 Å². The molecule has 0 aromatic rings. The second-order valence-corrected chi connectivity index (χ2v) is 22.6. The van der Waals surface area contributed by atoms with Gasteiger partial charge in [-0.15, -0.1) is 0 Å². The standard InChI is InChI=1S/C62H104N8O27/c1-43(71)18-19-44(58(82)83)68-54(77)40-95-37-34-93-32-29-64-50(73)25-21-47(61(88)89)70-56(79)42-97-39-36-94-33-30-65-51(74)26-22-48(62(90)91)69-55(78)41-96-38-35-92-31-28-63-49(72)24-20-45(59(84)85)67-53(76)27-23-46(60(86)87)66-52(75)16-14-12-10-8-6-4-2-3-5-7-9-11-13-15-17-57(80)81/h44-48H,2-42H2,1H3,(H,63,72)(H,64,73)(H,65,74)(H,66,75)(H,67,76)(H,68,77)(H,69,78)(H,70,79)(H,80,81)(H,82,83)(H,84,85)(H,86,87)(H,88,89)(H,90,91)/t44-,45-,46-,47-,48-/m0/s1. The number of rotatable bonds is 66. The van der Waals surface area contributed by atoms with E-state index in [2.05, 4.69) is 42.5 Å². The van der Waals surface area contributed by atoms with Crippen LogP contribution in [0.3, 0.4) is 0 Å². The van der Waals surface area contributed by atoms with Crippen LogP contribution in [-0.4, -0.2) is 249 Å². The van der Waals surface area contributed by atoms with Crippen LogP contribution < -0.4 is 42.5 Å². The first-order chi connectivity index (χ1) is 46.3. The summed E-state index contributed by atoms with van der Waals surface area (Å²) in [6.45, 7) is -0.332. The van der Waals surface area contributed by atoms with Crippen LogP contribution in [0.25, 0.3) is 0 Å². The lowest BCUT2D eigenvalue weighted by atomic mass is 10.0. The van der Waals surface area contributed by atoms with Gasteiger partial charge in [-0.2, -0.15) is 0 Å². The molecule has 0 aliphatic rings. The normalized spacial score (nSPS) is 12.5. The first-order valence-electron chi connectivity index (χ1n) is 32.9. The summed E-state index contributed by atoms with van der Waals surface area (Å²) in [6, 6.07) is -6.89. The fourth-order valence-corrected chi connectivity index (χ4v) is 8.87. The quantitative estimate of drug-likeness (QED) is 0.0359. The zero-order valence-electron chi connectivity index (χ0n) is 55.6. The lowest BCUT2D eigenvalue weighted by molar-refractivity contribution is -0.143. The van der Waals surface area contributed by atoms with Crippen molar-refractivity contribution in [3.8, 4) is 0 Å². The Morgan fingerprint density at radius 1 is 0.258 bits per heavy atom. The molecule has 8 amide bonds. The van der Waals surface area contributed by atoms with E-state index in [-0.39, 0.29) is 156 Å². The van der Waals surface area contributed by atoms with Crippen LogP contribution in [-0.2, 0) is 100 Å². The molecule has 0 rings (SSSR count). The van der Waals surface area contributed by atoms with E-state index in [1.165, 1.54) is 19.8 Å². The van der Waals surface area contributed by atoms with E-state index >= 15 is 0 Å². The molecule has 14 N–H and O–H groups in total. The number of nitrogens with one attached hydrogen (secondary N) is 8. The van der Waals surface area contributed by atoms with Crippen molar-refractivity contribution in [3.05, 3.63) is 0 Å². The van der Waals surface area contributed by atoms with Crippen LogP contribution in [0, 0.1) is 0 Å². The van der Waals surface area contributed by atoms with Gasteiger partial charge in [0.05, 0.1) is 59.5 Å². The minimum Gasteiger partial charge on any atom is -0.481 e. The second kappa shape index (κ2) is 58.2. The van der Waals surface area contributed by atoms with Crippen molar-refractivity contribution in [2.45, 2.75) is 204 Å². The van der Waals surface area contributed by atoms with E-state index in [4.69, 9.17) is 38.6 Å². The van der Waals surface area contributed by atoms with Crippen LogP contribution in [0.1, 0.15) is 174 Å². The number of amides is 8. The van der Waals surface area contributed by atoms with Gasteiger partial charge >= 0.3 is 35.8 Å². The molecule has 0 aliphatic carbocycles. The van der Waals surface area contributed by atoms with E-state index in [1.54, 1.807) is 0 Å². The molecular formula is C62H104N8O27. The molecule has 0 saturated heterocycles. The Labute approximate surface area is 563 Å². The summed E-state index contributed by atoms with van der Waals surface area (Å²) < 4.78 is 31.5. The maximum absolute atomic E-state index is 12.6. The predicted octanol–water partition coefficient (Wildman–Crippen LogP) is 0.0978. The van der Waals surface area contributed by atoms with Crippen molar-refractivity contribution in [2.24, 2.45) is 0 Å². The highest BCUT2D eigenvalue weighted by Gasteiger charge is 2.27. The van der Waals surface area contributed by atoms with Gasteiger partial charge in [-0.05, 0) is 51.9 Å². The molecule has 0 saturated carbocycles.